The van der Waals surface area contributed by atoms with E-state index in [-0.39, 0.29) is 11.5 Å². The topological polar surface area (TPSA) is 49.4 Å². The zero-order chi connectivity index (χ0) is 20.6. The highest BCUT2D eigenvalue weighted by Gasteiger charge is 2.53. The fraction of sp³-hybridized carbons (Fsp3) is 0.174. The lowest BCUT2D eigenvalue weighted by atomic mass is 9.84. The molecule has 5 nitrogen and oxygen atoms in total. The second-order valence-corrected chi connectivity index (χ2v) is 7.78. The van der Waals surface area contributed by atoms with Crippen molar-refractivity contribution in [2.24, 2.45) is 0 Å². The van der Waals surface area contributed by atoms with E-state index >= 15 is 0 Å². The second kappa shape index (κ2) is 7.33. The Morgan fingerprint density at radius 3 is 2.28 bits per heavy atom. The standard InChI is InChI=1S/C23H21ClN3O2/c1-23(16-26(28)29)22(17-8-4-3-5-9-17)25(2)20-10-6-7-11-21(20)27(23)19-14-12-18(24)13-15-19/h3-15H,16H2,1-2H3/q+1. The average molecular weight is 407 g/mol. The maximum absolute atomic E-state index is 11.8. The summed E-state index contributed by atoms with van der Waals surface area (Å²) in [5.41, 5.74) is 3.68. The maximum Gasteiger partial charge on any atom is 0.237 e. The molecule has 6 heteroatoms. The Hall–Kier alpha value is -3.18. The van der Waals surface area contributed by atoms with Crippen LogP contribution in [-0.2, 0) is 0 Å². The molecule has 0 saturated carbocycles. The van der Waals surface area contributed by atoms with E-state index in [1.165, 1.54) is 0 Å². The van der Waals surface area contributed by atoms with E-state index in [9.17, 15) is 10.1 Å². The van der Waals surface area contributed by atoms with Crippen molar-refractivity contribution in [2.45, 2.75) is 12.5 Å². The lowest BCUT2D eigenvalue weighted by Gasteiger charge is -2.42. The van der Waals surface area contributed by atoms with Gasteiger partial charge in [-0.25, -0.2) is 0 Å². The molecule has 0 N–H and O–H groups in total. The van der Waals surface area contributed by atoms with Gasteiger partial charge in [0.2, 0.25) is 17.9 Å². The first-order valence-electron chi connectivity index (χ1n) is 9.35. The lowest BCUT2D eigenvalue weighted by Crippen LogP contribution is -2.59. The van der Waals surface area contributed by atoms with Gasteiger partial charge in [-0.15, -0.1) is 0 Å². The average Bonchev–Trinajstić information content (AvgIpc) is 2.70. The first kappa shape index (κ1) is 19.2. The van der Waals surface area contributed by atoms with E-state index in [2.05, 4.69) is 9.48 Å². The van der Waals surface area contributed by atoms with E-state index in [1.54, 1.807) is 0 Å². The lowest BCUT2D eigenvalue weighted by molar-refractivity contribution is -0.489. The Balaban J connectivity index is 2.06. The third-order valence-corrected chi connectivity index (χ3v) is 5.64. The number of nitro groups is 1. The van der Waals surface area contributed by atoms with E-state index in [1.807, 2.05) is 92.8 Å². The van der Waals surface area contributed by atoms with Crippen LogP contribution in [0.2, 0.25) is 5.02 Å². The minimum absolute atomic E-state index is 0.242. The predicted octanol–water partition coefficient (Wildman–Crippen LogP) is 5.29. The summed E-state index contributed by atoms with van der Waals surface area (Å²) in [5, 5.41) is 12.4. The van der Waals surface area contributed by atoms with Crippen molar-refractivity contribution in [1.29, 1.82) is 0 Å². The zero-order valence-electron chi connectivity index (χ0n) is 16.2. The molecule has 29 heavy (non-hydrogen) atoms. The molecule has 0 bridgehead atoms. The molecule has 4 rings (SSSR count). The van der Waals surface area contributed by atoms with Crippen LogP contribution in [0.1, 0.15) is 12.5 Å². The van der Waals surface area contributed by atoms with Crippen molar-refractivity contribution >= 4 is 34.4 Å². The third kappa shape index (κ3) is 3.28. The fourth-order valence-corrected chi connectivity index (χ4v) is 4.43. The molecule has 1 aliphatic heterocycles. The molecule has 0 radical (unpaired) electrons. The molecule has 1 atom stereocenters. The van der Waals surface area contributed by atoms with Gasteiger partial charge in [-0.1, -0.05) is 41.9 Å². The minimum atomic E-state index is -0.915. The normalized spacial score (nSPS) is 18.5. The monoisotopic (exact) mass is 406 g/mol. The van der Waals surface area contributed by atoms with Gasteiger partial charge in [0.25, 0.3) is 0 Å². The van der Waals surface area contributed by atoms with E-state index < -0.39 is 5.54 Å². The molecular weight excluding hydrogens is 386 g/mol. The second-order valence-electron chi connectivity index (χ2n) is 7.34. The summed E-state index contributed by atoms with van der Waals surface area (Å²) < 4.78 is 2.07. The highest BCUT2D eigenvalue weighted by molar-refractivity contribution is 6.30. The van der Waals surface area contributed by atoms with Crippen molar-refractivity contribution in [3.05, 3.63) is 99.6 Å². The SMILES string of the molecule is C[N+]1=C(c2ccccc2)C(C)(C[N+](=O)[O-])N(c2ccc(Cl)cc2)c2ccccc21. The maximum atomic E-state index is 11.8. The molecule has 1 unspecified atom stereocenters. The summed E-state index contributed by atoms with van der Waals surface area (Å²) in [6.45, 7) is 1.68. The van der Waals surface area contributed by atoms with Gasteiger partial charge in [0.1, 0.15) is 12.7 Å². The Kier molecular flexibility index (Phi) is 4.84. The molecule has 146 valence electrons. The van der Waals surface area contributed by atoms with Crippen molar-refractivity contribution in [3.8, 4) is 0 Å². The van der Waals surface area contributed by atoms with Crippen LogP contribution in [-0.4, -0.2) is 34.3 Å². The molecule has 0 amide bonds. The number of anilines is 2. The number of hydrogen-bond donors (Lipinski definition) is 0. The molecule has 0 aliphatic carbocycles. The molecule has 3 aromatic carbocycles. The smallest absolute Gasteiger partial charge is 0.237 e. The Morgan fingerprint density at radius 2 is 1.62 bits per heavy atom. The van der Waals surface area contributed by atoms with Crippen LogP contribution < -0.4 is 4.90 Å². The van der Waals surface area contributed by atoms with Gasteiger partial charge in [0.15, 0.2) is 5.54 Å². The van der Waals surface area contributed by atoms with Crippen molar-refractivity contribution in [1.82, 2.24) is 0 Å². The molecular formula is C23H21ClN3O2+. The summed E-state index contributed by atoms with van der Waals surface area (Å²) in [5.74, 6) is 0. The van der Waals surface area contributed by atoms with Gasteiger partial charge < -0.3 is 4.90 Å². The van der Waals surface area contributed by atoms with Gasteiger partial charge in [0.05, 0.1) is 0 Å². The molecule has 3 aromatic rings. The number of halogens is 1. The van der Waals surface area contributed by atoms with Crippen molar-refractivity contribution < 1.29 is 9.50 Å². The number of fused-ring (bicyclic) bond motifs is 1. The van der Waals surface area contributed by atoms with E-state index in [4.69, 9.17) is 11.6 Å². The van der Waals surface area contributed by atoms with Gasteiger partial charge in [-0.2, -0.15) is 4.58 Å². The van der Waals surface area contributed by atoms with E-state index in [0.29, 0.717) is 5.02 Å². The van der Waals surface area contributed by atoms with Crippen LogP contribution in [0.15, 0.2) is 78.9 Å². The summed E-state index contributed by atoms with van der Waals surface area (Å²) in [6, 6.07) is 25.3. The molecule has 0 fully saturated rings. The minimum Gasteiger partial charge on any atom is -0.314 e. The number of nitrogens with zero attached hydrogens (tertiary/aromatic N) is 3. The quantitative estimate of drug-likeness (QED) is 0.336. The zero-order valence-corrected chi connectivity index (χ0v) is 17.0. The summed E-state index contributed by atoms with van der Waals surface area (Å²) in [7, 11) is 1.97. The molecule has 0 spiro atoms. The first-order chi connectivity index (χ1) is 13.9. The van der Waals surface area contributed by atoms with Gasteiger partial charge in [-0.3, -0.25) is 10.1 Å². The van der Waals surface area contributed by atoms with Crippen molar-refractivity contribution in [2.75, 3.05) is 18.5 Å². The van der Waals surface area contributed by atoms with Crippen molar-refractivity contribution in [3.63, 3.8) is 0 Å². The number of benzene rings is 3. The van der Waals surface area contributed by atoms with Gasteiger partial charge >= 0.3 is 0 Å². The summed E-state index contributed by atoms with van der Waals surface area (Å²) in [4.78, 5) is 13.6. The summed E-state index contributed by atoms with van der Waals surface area (Å²) >= 11 is 6.11. The highest BCUT2D eigenvalue weighted by Crippen LogP contribution is 2.44. The van der Waals surface area contributed by atoms with Crippen LogP contribution in [0.4, 0.5) is 17.1 Å². The van der Waals surface area contributed by atoms with Crippen LogP contribution in [0.3, 0.4) is 0 Å². The van der Waals surface area contributed by atoms with Crippen LogP contribution in [0.5, 0.6) is 0 Å². The number of hydrogen-bond acceptors (Lipinski definition) is 3. The molecule has 1 heterocycles. The van der Waals surface area contributed by atoms with Crippen LogP contribution >= 0.6 is 11.6 Å². The number of para-hydroxylation sites is 2. The fourth-order valence-electron chi connectivity index (χ4n) is 4.30. The Morgan fingerprint density at radius 1 is 1.00 bits per heavy atom. The largest absolute Gasteiger partial charge is 0.314 e. The molecule has 1 aliphatic rings. The molecule has 0 aromatic heterocycles. The number of rotatable bonds is 4. The van der Waals surface area contributed by atoms with Gasteiger partial charge in [0, 0.05) is 27.3 Å². The summed E-state index contributed by atoms with van der Waals surface area (Å²) in [6.07, 6.45) is 0. The first-order valence-corrected chi connectivity index (χ1v) is 9.73. The Bertz CT molecular complexity index is 1100. The van der Waals surface area contributed by atoms with Gasteiger partial charge in [-0.05, 0) is 49.4 Å². The molecule has 0 saturated heterocycles. The van der Waals surface area contributed by atoms with Crippen LogP contribution in [0, 0.1) is 10.1 Å². The highest BCUT2D eigenvalue weighted by atomic mass is 35.5. The Labute approximate surface area is 174 Å². The van der Waals surface area contributed by atoms with Crippen LogP contribution in [0.25, 0.3) is 0 Å². The third-order valence-electron chi connectivity index (χ3n) is 5.39. The predicted molar refractivity (Wildman–Crippen MR) is 117 cm³/mol. The van der Waals surface area contributed by atoms with E-state index in [0.717, 1.165) is 28.3 Å².